The number of aryl methyl sites for hydroxylation is 1. The lowest BCUT2D eigenvalue weighted by molar-refractivity contribution is -0.137. The van der Waals surface area contributed by atoms with Crippen molar-refractivity contribution < 1.29 is 18.3 Å². The quantitative estimate of drug-likeness (QED) is 0.944. The first-order chi connectivity index (χ1) is 10.4. The Labute approximate surface area is 128 Å². The predicted molar refractivity (Wildman–Crippen MR) is 82.3 cm³/mol. The van der Waals surface area contributed by atoms with Crippen LogP contribution >= 0.6 is 0 Å². The second-order valence-electron chi connectivity index (χ2n) is 5.29. The molecule has 5 nitrogen and oxygen atoms in total. The van der Waals surface area contributed by atoms with E-state index in [4.69, 9.17) is 5.11 Å². The number of carbonyl (C=O) groups is 1. The molecule has 22 heavy (non-hydrogen) atoms. The van der Waals surface area contributed by atoms with Crippen LogP contribution in [0.25, 0.3) is 0 Å². The van der Waals surface area contributed by atoms with Crippen LogP contribution in [0.4, 0.5) is 5.69 Å². The molecule has 2 aromatic carbocycles. The number of hydrogen-bond donors (Lipinski definition) is 1. The highest BCUT2D eigenvalue weighted by Gasteiger charge is 2.43. The third-order valence-electron chi connectivity index (χ3n) is 3.75. The summed E-state index contributed by atoms with van der Waals surface area (Å²) < 4.78 is 26.8. The molecule has 0 spiro atoms. The molecule has 0 radical (unpaired) electrons. The third-order valence-corrected chi connectivity index (χ3v) is 5.67. The minimum atomic E-state index is -3.74. The number of anilines is 1. The molecule has 0 aliphatic carbocycles. The number of hydrogen-bond acceptors (Lipinski definition) is 3. The van der Waals surface area contributed by atoms with Crippen LogP contribution in [0.1, 0.15) is 23.6 Å². The average Bonchev–Trinajstić information content (AvgIpc) is 2.68. The normalized spacial score (nSPS) is 19.0. The maximum atomic E-state index is 12.8. The van der Waals surface area contributed by atoms with Crippen molar-refractivity contribution in [3.05, 3.63) is 59.7 Å². The minimum absolute atomic E-state index is 0.182. The minimum Gasteiger partial charge on any atom is -0.481 e. The Hall–Kier alpha value is -2.34. The number of sulfonamides is 1. The molecule has 1 atom stereocenters. The van der Waals surface area contributed by atoms with Gasteiger partial charge in [0.2, 0.25) is 0 Å². The molecule has 0 fully saturated rings. The largest absolute Gasteiger partial charge is 0.481 e. The Kier molecular flexibility index (Phi) is 3.41. The average molecular weight is 317 g/mol. The van der Waals surface area contributed by atoms with Crippen molar-refractivity contribution in [2.75, 3.05) is 4.31 Å². The molecule has 0 aromatic heterocycles. The molecule has 0 bridgehead atoms. The third kappa shape index (κ3) is 2.25. The summed E-state index contributed by atoms with van der Waals surface area (Å²) in [5.74, 6) is -1.03. The Balaban J connectivity index is 2.19. The summed E-state index contributed by atoms with van der Waals surface area (Å²) in [6, 6.07) is 12.9. The summed E-state index contributed by atoms with van der Waals surface area (Å²) in [6.45, 7) is 1.91. The molecule has 0 saturated heterocycles. The first-order valence-electron chi connectivity index (χ1n) is 6.83. The van der Waals surface area contributed by atoms with Gasteiger partial charge in [0.25, 0.3) is 10.0 Å². The second-order valence-corrected chi connectivity index (χ2v) is 7.07. The van der Waals surface area contributed by atoms with E-state index < -0.39 is 22.0 Å². The van der Waals surface area contributed by atoms with Gasteiger partial charge in [-0.05, 0) is 30.7 Å². The monoisotopic (exact) mass is 317 g/mol. The van der Waals surface area contributed by atoms with Gasteiger partial charge in [-0.25, -0.2) is 8.42 Å². The molecule has 6 heteroatoms. The fraction of sp³-hybridized carbons (Fsp3) is 0.188. The van der Waals surface area contributed by atoms with E-state index >= 15 is 0 Å². The van der Waals surface area contributed by atoms with Crippen LogP contribution in [0.2, 0.25) is 0 Å². The van der Waals surface area contributed by atoms with Crippen LogP contribution in [0, 0.1) is 6.92 Å². The van der Waals surface area contributed by atoms with Crippen LogP contribution < -0.4 is 4.31 Å². The maximum Gasteiger partial charge on any atom is 0.305 e. The number of carboxylic acids is 1. The van der Waals surface area contributed by atoms with Gasteiger partial charge in [-0.3, -0.25) is 9.10 Å². The topological polar surface area (TPSA) is 74.7 Å². The van der Waals surface area contributed by atoms with Gasteiger partial charge in [-0.1, -0.05) is 35.9 Å². The van der Waals surface area contributed by atoms with Crippen molar-refractivity contribution in [1.82, 2.24) is 0 Å². The zero-order valence-corrected chi connectivity index (χ0v) is 12.7. The second kappa shape index (κ2) is 5.14. The van der Waals surface area contributed by atoms with Gasteiger partial charge in [-0.15, -0.1) is 0 Å². The SMILES string of the molecule is Cc1ccc(N2C(CC(=O)O)c3ccccc3S2(=O)=O)cc1. The van der Waals surface area contributed by atoms with E-state index in [9.17, 15) is 13.2 Å². The van der Waals surface area contributed by atoms with E-state index in [1.165, 1.54) is 10.4 Å². The number of nitrogens with zero attached hydrogens (tertiary/aromatic N) is 1. The van der Waals surface area contributed by atoms with Gasteiger partial charge >= 0.3 is 5.97 Å². The summed E-state index contributed by atoms with van der Waals surface area (Å²) >= 11 is 0. The standard InChI is InChI=1S/C16H15NO4S/c1-11-6-8-12(9-7-11)17-14(10-16(18)19)13-4-2-3-5-15(13)22(17,20)21/h2-9,14H,10H2,1H3,(H,18,19). The number of carboxylic acid groups (broad SMARTS) is 1. The van der Waals surface area contributed by atoms with Crippen molar-refractivity contribution in [3.63, 3.8) is 0 Å². The highest BCUT2D eigenvalue weighted by atomic mass is 32.2. The lowest BCUT2D eigenvalue weighted by atomic mass is 10.0. The number of rotatable bonds is 3. The molecule has 114 valence electrons. The molecule has 1 aliphatic rings. The van der Waals surface area contributed by atoms with E-state index in [0.29, 0.717) is 11.3 Å². The molecule has 0 saturated carbocycles. The Morgan fingerprint density at radius 3 is 2.41 bits per heavy atom. The van der Waals surface area contributed by atoms with E-state index in [0.717, 1.165) is 5.56 Å². The van der Waals surface area contributed by atoms with Crippen LogP contribution in [-0.2, 0) is 14.8 Å². The van der Waals surface area contributed by atoms with Crippen molar-refractivity contribution in [2.45, 2.75) is 24.3 Å². The highest BCUT2D eigenvalue weighted by Crippen LogP contribution is 2.44. The zero-order valence-electron chi connectivity index (χ0n) is 11.9. The Bertz CT molecular complexity index is 827. The lowest BCUT2D eigenvalue weighted by Gasteiger charge is -2.24. The highest BCUT2D eigenvalue weighted by molar-refractivity contribution is 7.93. The van der Waals surface area contributed by atoms with Gasteiger partial charge in [0.1, 0.15) is 0 Å². The smallest absolute Gasteiger partial charge is 0.305 e. The van der Waals surface area contributed by atoms with Crippen LogP contribution in [-0.4, -0.2) is 19.5 Å². The maximum absolute atomic E-state index is 12.8. The molecule has 2 aromatic rings. The van der Waals surface area contributed by atoms with Gasteiger partial charge in [0.15, 0.2) is 0 Å². The summed E-state index contributed by atoms with van der Waals surface area (Å²) in [7, 11) is -3.74. The molecular formula is C16H15NO4S. The molecule has 0 amide bonds. The van der Waals surface area contributed by atoms with Gasteiger partial charge in [0.05, 0.1) is 23.0 Å². The van der Waals surface area contributed by atoms with Crippen LogP contribution in [0.5, 0.6) is 0 Å². The Morgan fingerprint density at radius 1 is 1.14 bits per heavy atom. The lowest BCUT2D eigenvalue weighted by Crippen LogP contribution is -2.29. The van der Waals surface area contributed by atoms with Gasteiger partial charge < -0.3 is 5.11 Å². The molecule has 1 aliphatic heterocycles. The molecule has 3 rings (SSSR count). The fourth-order valence-corrected chi connectivity index (χ4v) is 4.65. The predicted octanol–water partition coefficient (Wildman–Crippen LogP) is 2.72. The van der Waals surface area contributed by atoms with E-state index in [-0.39, 0.29) is 11.3 Å². The van der Waals surface area contributed by atoms with Crippen molar-refractivity contribution in [1.29, 1.82) is 0 Å². The summed E-state index contributed by atoms with van der Waals surface area (Å²) in [5.41, 5.74) is 2.02. The Morgan fingerprint density at radius 2 is 1.77 bits per heavy atom. The van der Waals surface area contributed by atoms with E-state index in [1.54, 1.807) is 30.3 Å². The zero-order chi connectivity index (χ0) is 15.9. The number of fused-ring (bicyclic) bond motifs is 1. The van der Waals surface area contributed by atoms with Gasteiger partial charge in [0, 0.05) is 0 Å². The van der Waals surface area contributed by atoms with Crippen LogP contribution in [0.3, 0.4) is 0 Å². The van der Waals surface area contributed by atoms with Crippen molar-refractivity contribution in [3.8, 4) is 0 Å². The van der Waals surface area contributed by atoms with Crippen molar-refractivity contribution >= 4 is 21.7 Å². The van der Waals surface area contributed by atoms with E-state index in [1.807, 2.05) is 19.1 Å². The summed E-state index contributed by atoms with van der Waals surface area (Å²) in [5, 5.41) is 9.16. The number of aliphatic carboxylic acids is 1. The first kappa shape index (κ1) is 14.6. The fourth-order valence-electron chi connectivity index (χ4n) is 2.76. The van der Waals surface area contributed by atoms with Gasteiger partial charge in [-0.2, -0.15) is 0 Å². The van der Waals surface area contributed by atoms with E-state index in [2.05, 4.69) is 0 Å². The molecule has 1 unspecified atom stereocenters. The van der Waals surface area contributed by atoms with Crippen molar-refractivity contribution in [2.24, 2.45) is 0 Å². The molecule has 1 N–H and O–H groups in total. The number of benzene rings is 2. The summed E-state index contributed by atoms with van der Waals surface area (Å²) in [4.78, 5) is 11.4. The van der Waals surface area contributed by atoms with Crippen LogP contribution in [0.15, 0.2) is 53.4 Å². The molecular weight excluding hydrogens is 302 g/mol. The molecule has 1 heterocycles. The first-order valence-corrected chi connectivity index (χ1v) is 8.27. The summed E-state index contributed by atoms with van der Waals surface area (Å²) in [6.07, 6.45) is -0.274.